The normalized spacial score (nSPS) is 23.0. The van der Waals surface area contributed by atoms with Crippen LogP contribution in [0.25, 0.3) is 0 Å². The van der Waals surface area contributed by atoms with E-state index in [0.717, 1.165) is 12.8 Å². The molecule has 2 unspecified atom stereocenters. The first-order chi connectivity index (χ1) is 34.5. The van der Waals surface area contributed by atoms with Crippen molar-refractivity contribution in [3.63, 3.8) is 0 Å². The topological polar surface area (TPSA) is 9.72 Å². The molecule has 1 saturated carbocycles. The zero-order valence-electron chi connectivity index (χ0n) is 48.6. The van der Waals surface area contributed by atoms with Gasteiger partial charge in [0.25, 0.3) is 6.71 Å². The van der Waals surface area contributed by atoms with E-state index < -0.39 is 8.07 Å². The molecule has 3 aliphatic carbocycles. The van der Waals surface area contributed by atoms with Crippen molar-refractivity contribution >= 4 is 81.9 Å². The molecule has 5 heteroatoms. The maximum absolute atomic E-state index is 2.88. The second-order valence-corrected chi connectivity index (χ2v) is 34.8. The fraction of sp³-hybridized carbons (Fsp3) is 0.478. The van der Waals surface area contributed by atoms with Gasteiger partial charge in [-0.15, -0.1) is 0 Å². The van der Waals surface area contributed by atoms with Gasteiger partial charge < -0.3 is 14.7 Å². The minimum absolute atomic E-state index is 0.00980. The molecule has 1 fully saturated rings. The second-order valence-electron chi connectivity index (χ2n) is 29.8. The SMILES string of the molecule is CC(C)(C)c1cccc(N2c3cc(C(C)(C)C)ccc3B3c4cc5c(cc4N(c4ccc6c(c4)C(C)(C)CCC6(C)C)c4cc(N6c7ccc([Si](C)(C)C)cc7C7(C)CCCCC67C)cc2c43)CCCC5(C)C)c1. The summed E-state index contributed by atoms with van der Waals surface area (Å²) in [6, 6.07) is 43.3. The first-order valence-electron chi connectivity index (χ1n) is 28.8. The van der Waals surface area contributed by atoms with E-state index in [-0.39, 0.29) is 44.7 Å². The van der Waals surface area contributed by atoms with Gasteiger partial charge in [0.15, 0.2) is 0 Å². The van der Waals surface area contributed by atoms with Gasteiger partial charge in [-0.2, -0.15) is 0 Å². The summed E-state index contributed by atoms with van der Waals surface area (Å²) in [5.41, 5.74) is 25.3. The Kier molecular flexibility index (Phi) is 10.8. The van der Waals surface area contributed by atoms with Crippen molar-refractivity contribution in [3.05, 3.63) is 142 Å². The third kappa shape index (κ3) is 7.30. The molecule has 384 valence electrons. The zero-order chi connectivity index (χ0) is 52.7. The molecule has 6 aromatic carbocycles. The van der Waals surface area contributed by atoms with E-state index in [4.69, 9.17) is 0 Å². The first kappa shape index (κ1) is 49.9. The summed E-state index contributed by atoms with van der Waals surface area (Å²) >= 11 is 0. The molecule has 3 heterocycles. The van der Waals surface area contributed by atoms with Gasteiger partial charge >= 0.3 is 0 Å². The van der Waals surface area contributed by atoms with Crippen LogP contribution in [0, 0.1) is 0 Å². The third-order valence-corrected chi connectivity index (χ3v) is 22.5. The number of aryl methyl sites for hydroxylation is 1. The fourth-order valence-electron chi connectivity index (χ4n) is 15.3. The number of fused-ring (bicyclic) bond motifs is 9. The Labute approximate surface area is 448 Å². The molecule has 3 nitrogen and oxygen atoms in total. The smallest absolute Gasteiger partial charge is 0.252 e. The molecule has 3 aliphatic heterocycles. The van der Waals surface area contributed by atoms with Gasteiger partial charge in [0, 0.05) is 50.9 Å². The fourth-order valence-corrected chi connectivity index (χ4v) is 16.5. The predicted molar refractivity (Wildman–Crippen MR) is 325 cm³/mol. The van der Waals surface area contributed by atoms with Crippen LogP contribution in [0.5, 0.6) is 0 Å². The number of benzene rings is 6. The number of rotatable bonds is 4. The number of anilines is 8. The summed E-state index contributed by atoms with van der Waals surface area (Å²) < 4.78 is 0. The van der Waals surface area contributed by atoms with Crippen LogP contribution in [0.4, 0.5) is 45.5 Å². The molecule has 0 bridgehead atoms. The molecule has 0 saturated heterocycles. The molecular weight excluding hydrogens is 910 g/mol. The molecule has 6 aliphatic rings. The number of hydrogen-bond acceptors (Lipinski definition) is 3. The predicted octanol–water partition coefficient (Wildman–Crippen LogP) is 16.6. The monoisotopic (exact) mass is 996 g/mol. The molecule has 2 atom stereocenters. The average molecular weight is 996 g/mol. The Morgan fingerprint density at radius 3 is 1.76 bits per heavy atom. The van der Waals surface area contributed by atoms with Gasteiger partial charge in [0.2, 0.25) is 0 Å². The van der Waals surface area contributed by atoms with Gasteiger partial charge in [-0.1, -0.05) is 176 Å². The van der Waals surface area contributed by atoms with E-state index in [2.05, 4.69) is 234 Å². The Bertz CT molecular complexity index is 3320. The van der Waals surface area contributed by atoms with Crippen molar-refractivity contribution in [2.24, 2.45) is 0 Å². The maximum Gasteiger partial charge on any atom is 0.252 e. The lowest BCUT2D eigenvalue weighted by Crippen LogP contribution is -2.62. The van der Waals surface area contributed by atoms with E-state index in [1.807, 2.05) is 0 Å². The minimum Gasteiger partial charge on any atom is -0.334 e. The Balaban J connectivity index is 1.23. The van der Waals surface area contributed by atoms with Crippen molar-refractivity contribution in [2.75, 3.05) is 14.7 Å². The molecule has 0 aromatic heterocycles. The standard InChI is InChI=1S/C69H86BN3Si/c1-63(2,3)45-23-20-24-47(37-45)71-59-38-46(64(4,5)6)25-29-55(59)70-56-43-52-44(22-21-31-65(52,7)8)36-58(56)72(48-26-28-51-53(39-48)67(11,12)35-34-66(51,9)10)61-41-49(40-60(71)62(61)70)73-57-30-27-50(74(15,16)17)42-54(57)68(13)32-18-19-33-69(68,73)14/h20,23-30,36-43H,18-19,21-22,31-35H2,1-17H3. The molecular formula is C69H86BN3Si. The van der Waals surface area contributed by atoms with Crippen LogP contribution in [-0.2, 0) is 38.9 Å². The van der Waals surface area contributed by atoms with E-state index in [9.17, 15) is 0 Å². The van der Waals surface area contributed by atoms with Gasteiger partial charge in [-0.25, -0.2) is 0 Å². The first-order valence-corrected chi connectivity index (χ1v) is 32.3. The van der Waals surface area contributed by atoms with Crippen LogP contribution in [0.3, 0.4) is 0 Å². The number of nitrogens with zero attached hydrogens (tertiary/aromatic N) is 3. The molecule has 0 spiro atoms. The van der Waals surface area contributed by atoms with Crippen molar-refractivity contribution in [3.8, 4) is 0 Å². The molecule has 0 amide bonds. The number of hydrogen-bond donors (Lipinski definition) is 0. The molecule has 74 heavy (non-hydrogen) atoms. The van der Waals surface area contributed by atoms with Crippen molar-refractivity contribution in [1.29, 1.82) is 0 Å². The highest BCUT2D eigenvalue weighted by atomic mass is 28.3. The summed E-state index contributed by atoms with van der Waals surface area (Å²) in [4.78, 5) is 8.38. The molecule has 0 radical (unpaired) electrons. The largest absolute Gasteiger partial charge is 0.334 e. The van der Waals surface area contributed by atoms with Crippen LogP contribution in [0.1, 0.15) is 187 Å². The van der Waals surface area contributed by atoms with Crippen LogP contribution >= 0.6 is 0 Å². The van der Waals surface area contributed by atoms with E-state index in [1.165, 1.54) is 135 Å². The van der Waals surface area contributed by atoms with Crippen LogP contribution in [0.15, 0.2) is 103 Å². The van der Waals surface area contributed by atoms with Crippen LogP contribution in [-0.4, -0.2) is 20.3 Å². The summed E-state index contributed by atoms with van der Waals surface area (Å²) in [5, 5.41) is 1.57. The highest BCUT2D eigenvalue weighted by Gasteiger charge is 2.58. The van der Waals surface area contributed by atoms with E-state index in [1.54, 1.807) is 16.3 Å². The molecule has 0 N–H and O–H groups in total. The zero-order valence-corrected chi connectivity index (χ0v) is 49.6. The highest BCUT2D eigenvalue weighted by molar-refractivity contribution is 7.00. The summed E-state index contributed by atoms with van der Waals surface area (Å²) in [6.45, 7) is 42.1. The summed E-state index contributed by atoms with van der Waals surface area (Å²) in [5.74, 6) is 0. The van der Waals surface area contributed by atoms with Crippen molar-refractivity contribution < 1.29 is 0 Å². The molecule has 6 aromatic rings. The lowest BCUT2D eigenvalue weighted by atomic mass is 9.33. The summed E-state index contributed by atoms with van der Waals surface area (Å²) in [7, 11) is -1.60. The maximum atomic E-state index is 2.88. The van der Waals surface area contributed by atoms with Crippen molar-refractivity contribution in [1.82, 2.24) is 0 Å². The molecule has 12 rings (SSSR count). The highest BCUT2D eigenvalue weighted by Crippen LogP contribution is 2.62. The van der Waals surface area contributed by atoms with Crippen molar-refractivity contribution in [2.45, 2.75) is 212 Å². The third-order valence-electron chi connectivity index (χ3n) is 20.4. The van der Waals surface area contributed by atoms with Gasteiger partial charge in [0.05, 0.1) is 13.6 Å². The van der Waals surface area contributed by atoms with Crippen LogP contribution in [0.2, 0.25) is 19.6 Å². The van der Waals surface area contributed by atoms with Gasteiger partial charge in [0.1, 0.15) is 0 Å². The second kappa shape index (κ2) is 16.0. The lowest BCUT2D eigenvalue weighted by molar-refractivity contribution is 0.195. The Morgan fingerprint density at radius 1 is 0.459 bits per heavy atom. The van der Waals surface area contributed by atoms with Gasteiger partial charge in [-0.3, -0.25) is 0 Å². The summed E-state index contributed by atoms with van der Waals surface area (Å²) in [6.07, 6.45) is 10.8. The average Bonchev–Trinajstić information content (AvgIpc) is 3.60. The van der Waals surface area contributed by atoms with Crippen LogP contribution < -0.4 is 36.3 Å². The van der Waals surface area contributed by atoms with E-state index in [0.29, 0.717) is 0 Å². The quantitative estimate of drug-likeness (QED) is 0.163. The Hall–Kier alpha value is -5.00. The Morgan fingerprint density at radius 2 is 1.08 bits per heavy atom. The minimum atomic E-state index is -1.60. The lowest BCUT2D eigenvalue weighted by Gasteiger charge is -2.51. The van der Waals surface area contributed by atoms with E-state index >= 15 is 0 Å². The van der Waals surface area contributed by atoms with Gasteiger partial charge in [-0.05, 0) is 189 Å².